The normalized spacial score (nSPS) is 38.6. The number of aliphatic hydroxyl groups is 3. The van der Waals surface area contributed by atoms with Gasteiger partial charge in [0.05, 0.1) is 12.7 Å². The van der Waals surface area contributed by atoms with Crippen LogP contribution in [-0.2, 0) is 14.2 Å². The van der Waals surface area contributed by atoms with E-state index in [1.165, 1.54) is 0 Å². The summed E-state index contributed by atoms with van der Waals surface area (Å²) in [7, 11) is 0. The molecule has 0 aliphatic carbocycles. The highest BCUT2D eigenvalue weighted by Crippen LogP contribution is 2.35. The van der Waals surface area contributed by atoms with E-state index in [4.69, 9.17) is 14.2 Å². The molecule has 3 N–H and O–H groups in total. The molecule has 1 aromatic rings. The zero-order valence-electron chi connectivity index (χ0n) is 12.7. The predicted octanol–water partition coefficient (Wildman–Crippen LogP) is 0.527. The summed E-state index contributed by atoms with van der Waals surface area (Å²) < 4.78 is 17.2. The summed E-state index contributed by atoms with van der Waals surface area (Å²) in [6.07, 6.45) is -4.30. The molecule has 1 aromatic carbocycles. The summed E-state index contributed by atoms with van der Waals surface area (Å²) in [5.74, 6) is 0. The van der Waals surface area contributed by atoms with E-state index in [-0.39, 0.29) is 13.0 Å². The third-order valence-electron chi connectivity index (χ3n) is 4.27. The molecular formula is C17H22O6. The minimum atomic E-state index is -1.24. The summed E-state index contributed by atoms with van der Waals surface area (Å²) in [6, 6.07) is 9.38. The van der Waals surface area contributed by atoms with Crippen molar-refractivity contribution < 1.29 is 29.5 Å². The molecule has 0 aromatic heterocycles. The van der Waals surface area contributed by atoms with Gasteiger partial charge in [0.25, 0.3) is 0 Å². The maximum atomic E-state index is 10.4. The number of ether oxygens (including phenoxy) is 3. The molecule has 2 saturated heterocycles. The molecule has 7 atom stereocenters. The number of hydrogen-bond donors (Lipinski definition) is 3. The Labute approximate surface area is 134 Å². The third kappa shape index (κ3) is 3.33. The van der Waals surface area contributed by atoms with Gasteiger partial charge < -0.3 is 29.5 Å². The standard InChI is InChI=1S/C17H22O6/c1-2-6-11(18)15-13(19)14(20)16-12(22-15)9-21-17(23-16)10-7-4-3-5-8-10/h2-5,7-8,11-20H,1,6,9H2/t11-,12-,13+,14-,15-,16-,17-/m1/s1. The first kappa shape index (κ1) is 16.6. The molecule has 23 heavy (non-hydrogen) atoms. The molecule has 6 nitrogen and oxygen atoms in total. The number of fused-ring (bicyclic) bond motifs is 1. The smallest absolute Gasteiger partial charge is 0.184 e. The first-order valence-electron chi connectivity index (χ1n) is 7.74. The first-order chi connectivity index (χ1) is 11.1. The fourth-order valence-corrected chi connectivity index (χ4v) is 3.04. The van der Waals surface area contributed by atoms with Crippen molar-refractivity contribution in [3.63, 3.8) is 0 Å². The Morgan fingerprint density at radius 2 is 1.91 bits per heavy atom. The average Bonchev–Trinajstić information content (AvgIpc) is 2.58. The van der Waals surface area contributed by atoms with Crippen molar-refractivity contribution in [2.24, 2.45) is 0 Å². The molecule has 2 heterocycles. The van der Waals surface area contributed by atoms with E-state index in [2.05, 4.69) is 6.58 Å². The van der Waals surface area contributed by atoms with Crippen LogP contribution in [0.4, 0.5) is 0 Å². The number of aliphatic hydroxyl groups excluding tert-OH is 3. The lowest BCUT2D eigenvalue weighted by atomic mass is 9.90. The molecule has 0 radical (unpaired) electrons. The van der Waals surface area contributed by atoms with Gasteiger partial charge in [0.2, 0.25) is 0 Å². The molecule has 0 spiro atoms. The van der Waals surface area contributed by atoms with Crippen LogP contribution in [0.5, 0.6) is 0 Å². The van der Waals surface area contributed by atoms with Crippen LogP contribution < -0.4 is 0 Å². The topological polar surface area (TPSA) is 88.4 Å². The zero-order chi connectivity index (χ0) is 16.4. The molecule has 6 heteroatoms. The van der Waals surface area contributed by atoms with Crippen LogP contribution in [0.1, 0.15) is 18.3 Å². The van der Waals surface area contributed by atoms with Gasteiger partial charge in [0, 0.05) is 5.56 Å². The van der Waals surface area contributed by atoms with E-state index in [9.17, 15) is 15.3 Å². The highest BCUT2D eigenvalue weighted by molar-refractivity contribution is 5.16. The molecule has 2 aliphatic heterocycles. The van der Waals surface area contributed by atoms with Crippen LogP contribution in [0.3, 0.4) is 0 Å². The molecular weight excluding hydrogens is 300 g/mol. The van der Waals surface area contributed by atoms with Crippen molar-refractivity contribution in [2.75, 3.05) is 6.61 Å². The number of benzene rings is 1. The lowest BCUT2D eigenvalue weighted by Crippen LogP contribution is -2.64. The number of hydrogen-bond acceptors (Lipinski definition) is 6. The van der Waals surface area contributed by atoms with Crippen LogP contribution in [0, 0.1) is 0 Å². The quantitative estimate of drug-likeness (QED) is 0.701. The van der Waals surface area contributed by atoms with Gasteiger partial charge in [0.1, 0.15) is 30.5 Å². The first-order valence-corrected chi connectivity index (χ1v) is 7.74. The fourth-order valence-electron chi connectivity index (χ4n) is 3.04. The SMILES string of the molecule is C=CC[C@@H](O)[C@H]1O[C@@H]2CO[C@@H](c3ccccc3)O[C@H]2[C@H](O)[C@@H]1O. The summed E-state index contributed by atoms with van der Waals surface area (Å²) in [4.78, 5) is 0. The van der Waals surface area contributed by atoms with Crippen molar-refractivity contribution in [1.82, 2.24) is 0 Å². The second kappa shape index (κ2) is 7.09. The second-order valence-corrected chi connectivity index (χ2v) is 5.89. The van der Waals surface area contributed by atoms with E-state index in [0.717, 1.165) is 5.56 Å². The minimum absolute atomic E-state index is 0.214. The van der Waals surface area contributed by atoms with Crippen LogP contribution >= 0.6 is 0 Å². The van der Waals surface area contributed by atoms with Gasteiger partial charge in [-0.05, 0) is 6.42 Å². The Hall–Kier alpha value is -1.28. The molecule has 126 valence electrons. The van der Waals surface area contributed by atoms with Gasteiger partial charge in [-0.25, -0.2) is 0 Å². The lowest BCUT2D eigenvalue weighted by Gasteiger charge is -2.47. The Balaban J connectivity index is 1.71. The third-order valence-corrected chi connectivity index (χ3v) is 4.27. The van der Waals surface area contributed by atoms with Crippen LogP contribution in [0.25, 0.3) is 0 Å². The van der Waals surface area contributed by atoms with Crippen molar-refractivity contribution in [3.05, 3.63) is 48.6 Å². The maximum absolute atomic E-state index is 10.4. The molecule has 3 rings (SSSR count). The van der Waals surface area contributed by atoms with E-state index >= 15 is 0 Å². The lowest BCUT2D eigenvalue weighted by molar-refractivity contribution is -0.335. The molecule has 0 unspecified atom stereocenters. The molecule has 0 amide bonds. The molecule has 0 saturated carbocycles. The molecule has 2 fully saturated rings. The summed E-state index contributed by atoms with van der Waals surface area (Å²) in [6.45, 7) is 3.77. The van der Waals surface area contributed by atoms with Crippen molar-refractivity contribution in [2.45, 2.75) is 49.3 Å². The van der Waals surface area contributed by atoms with Crippen LogP contribution in [0.2, 0.25) is 0 Å². The second-order valence-electron chi connectivity index (χ2n) is 5.89. The Bertz CT molecular complexity index is 519. The zero-order valence-corrected chi connectivity index (χ0v) is 12.7. The minimum Gasteiger partial charge on any atom is -0.390 e. The predicted molar refractivity (Wildman–Crippen MR) is 81.5 cm³/mol. The van der Waals surface area contributed by atoms with Crippen molar-refractivity contribution in [3.8, 4) is 0 Å². The highest BCUT2D eigenvalue weighted by atomic mass is 16.7. The molecule has 2 aliphatic rings. The maximum Gasteiger partial charge on any atom is 0.184 e. The van der Waals surface area contributed by atoms with Gasteiger partial charge in [-0.3, -0.25) is 0 Å². The van der Waals surface area contributed by atoms with Gasteiger partial charge in [-0.2, -0.15) is 0 Å². The van der Waals surface area contributed by atoms with Gasteiger partial charge in [0.15, 0.2) is 6.29 Å². The van der Waals surface area contributed by atoms with Crippen molar-refractivity contribution in [1.29, 1.82) is 0 Å². The van der Waals surface area contributed by atoms with E-state index < -0.39 is 42.9 Å². The molecule has 0 bridgehead atoms. The van der Waals surface area contributed by atoms with E-state index in [1.807, 2.05) is 30.3 Å². The number of rotatable bonds is 4. The average molecular weight is 322 g/mol. The largest absolute Gasteiger partial charge is 0.390 e. The summed E-state index contributed by atoms with van der Waals surface area (Å²) in [5, 5.41) is 30.7. The van der Waals surface area contributed by atoms with Gasteiger partial charge in [-0.1, -0.05) is 36.4 Å². The fraction of sp³-hybridized carbons (Fsp3) is 0.529. The monoisotopic (exact) mass is 322 g/mol. The van der Waals surface area contributed by atoms with Crippen LogP contribution in [-0.4, -0.2) is 58.6 Å². The Kier molecular flexibility index (Phi) is 5.11. The van der Waals surface area contributed by atoms with E-state index in [0.29, 0.717) is 0 Å². The van der Waals surface area contributed by atoms with Crippen molar-refractivity contribution >= 4 is 0 Å². The highest BCUT2D eigenvalue weighted by Gasteiger charge is 2.50. The van der Waals surface area contributed by atoms with Crippen LogP contribution in [0.15, 0.2) is 43.0 Å². The van der Waals surface area contributed by atoms with Gasteiger partial charge in [-0.15, -0.1) is 6.58 Å². The van der Waals surface area contributed by atoms with Gasteiger partial charge >= 0.3 is 0 Å². The summed E-state index contributed by atoms with van der Waals surface area (Å²) >= 11 is 0. The van der Waals surface area contributed by atoms with E-state index in [1.54, 1.807) is 6.08 Å². The Morgan fingerprint density at radius 1 is 1.17 bits per heavy atom. The summed E-state index contributed by atoms with van der Waals surface area (Å²) in [5.41, 5.74) is 0.835. The Morgan fingerprint density at radius 3 is 2.61 bits per heavy atom.